The first-order chi connectivity index (χ1) is 13.8. The van der Waals surface area contributed by atoms with Crippen molar-refractivity contribution in [2.45, 2.75) is 24.7 Å². The number of Topliss-reactive ketones (excluding diaryl/α,β-unsaturated/α-hetero) is 1. The smallest absolute Gasteiger partial charge is 0.147 e. The first-order valence-corrected chi connectivity index (χ1v) is 9.83. The lowest BCUT2D eigenvalue weighted by Gasteiger charge is -2.28. The summed E-state index contributed by atoms with van der Waals surface area (Å²) in [5.41, 5.74) is 6.31. The first-order valence-electron chi connectivity index (χ1n) is 9.83. The highest BCUT2D eigenvalue weighted by molar-refractivity contribution is 6.18. The van der Waals surface area contributed by atoms with Gasteiger partial charge in [0.25, 0.3) is 0 Å². The summed E-state index contributed by atoms with van der Waals surface area (Å²) in [5, 5.41) is 0. The third-order valence-corrected chi connectivity index (χ3v) is 6.19. The van der Waals surface area contributed by atoms with Crippen molar-refractivity contribution in [2.75, 3.05) is 7.11 Å². The zero-order valence-electron chi connectivity index (χ0n) is 15.9. The lowest BCUT2D eigenvalue weighted by Crippen LogP contribution is -2.30. The molecule has 5 rings (SSSR count). The largest absolute Gasteiger partial charge is 0.497 e. The maximum absolute atomic E-state index is 13.4. The standard InChI is InChI=1S/C26H22O2/c1-28-20-14-15-22-21(17-20)24(18-9-4-2-5-10-18)25(19-11-6-3-7-12-19)26(22)16-8-13-23(26)27/h2-7,9-12,14-15,17H,8,13,16H2,1H3/t26-/m0/s1. The molecule has 2 nitrogen and oxygen atoms in total. The number of ketones is 1. The van der Waals surface area contributed by atoms with Gasteiger partial charge in [-0.15, -0.1) is 0 Å². The average molecular weight is 366 g/mol. The predicted molar refractivity (Wildman–Crippen MR) is 112 cm³/mol. The molecule has 28 heavy (non-hydrogen) atoms. The zero-order chi connectivity index (χ0) is 19.1. The summed E-state index contributed by atoms with van der Waals surface area (Å²) in [4.78, 5) is 13.4. The number of fused-ring (bicyclic) bond motifs is 2. The van der Waals surface area contributed by atoms with Crippen LogP contribution in [-0.4, -0.2) is 12.9 Å². The topological polar surface area (TPSA) is 26.3 Å². The highest BCUT2D eigenvalue weighted by Crippen LogP contribution is 2.59. The monoisotopic (exact) mass is 366 g/mol. The predicted octanol–water partition coefficient (Wildman–Crippen LogP) is 5.66. The second-order valence-electron chi connectivity index (χ2n) is 7.58. The summed E-state index contributed by atoms with van der Waals surface area (Å²) >= 11 is 0. The molecule has 1 spiro atoms. The molecule has 2 aliphatic rings. The van der Waals surface area contributed by atoms with Crippen molar-refractivity contribution in [3.05, 3.63) is 101 Å². The molecule has 0 radical (unpaired) electrons. The zero-order valence-corrected chi connectivity index (χ0v) is 15.9. The Labute approximate surface area is 165 Å². The van der Waals surface area contributed by atoms with Crippen LogP contribution in [-0.2, 0) is 10.2 Å². The summed E-state index contributed by atoms with van der Waals surface area (Å²) in [6.45, 7) is 0. The first kappa shape index (κ1) is 17.0. The van der Waals surface area contributed by atoms with Gasteiger partial charge in [0.2, 0.25) is 0 Å². The molecule has 0 saturated heterocycles. The fraction of sp³-hybridized carbons (Fsp3) is 0.192. The number of hydrogen-bond donors (Lipinski definition) is 0. The fourth-order valence-electron chi connectivity index (χ4n) is 5.03. The minimum atomic E-state index is -0.547. The number of allylic oxidation sites excluding steroid dienone is 1. The van der Waals surface area contributed by atoms with Crippen LogP contribution in [0.25, 0.3) is 11.1 Å². The van der Waals surface area contributed by atoms with Gasteiger partial charge in [-0.05, 0) is 58.4 Å². The number of rotatable bonds is 3. The van der Waals surface area contributed by atoms with Gasteiger partial charge in [0.1, 0.15) is 11.5 Å². The number of carbonyl (C=O) groups is 1. The minimum absolute atomic E-state index is 0.337. The second kappa shape index (κ2) is 6.49. The average Bonchev–Trinajstić information content (AvgIpc) is 3.27. The van der Waals surface area contributed by atoms with Gasteiger partial charge in [-0.25, -0.2) is 0 Å². The van der Waals surface area contributed by atoms with Crippen molar-refractivity contribution in [1.82, 2.24) is 0 Å². The lowest BCUT2D eigenvalue weighted by molar-refractivity contribution is -0.120. The third-order valence-electron chi connectivity index (χ3n) is 6.19. The molecule has 0 amide bonds. The van der Waals surface area contributed by atoms with E-state index in [2.05, 4.69) is 60.7 Å². The summed E-state index contributed by atoms with van der Waals surface area (Å²) < 4.78 is 5.54. The van der Waals surface area contributed by atoms with E-state index in [4.69, 9.17) is 4.74 Å². The lowest BCUT2D eigenvalue weighted by atomic mass is 9.72. The van der Waals surface area contributed by atoms with Gasteiger partial charge in [-0.3, -0.25) is 4.79 Å². The molecule has 0 aromatic heterocycles. The summed E-state index contributed by atoms with van der Waals surface area (Å²) in [6.07, 6.45) is 2.44. The van der Waals surface area contributed by atoms with Gasteiger partial charge < -0.3 is 4.74 Å². The number of methoxy groups -OCH3 is 1. The van der Waals surface area contributed by atoms with E-state index in [1.807, 2.05) is 18.2 Å². The molecule has 2 heteroatoms. The highest BCUT2D eigenvalue weighted by Gasteiger charge is 2.53. The molecular formula is C26H22O2. The van der Waals surface area contributed by atoms with E-state index in [0.717, 1.165) is 52.0 Å². The molecule has 3 aromatic carbocycles. The molecule has 1 fully saturated rings. The van der Waals surface area contributed by atoms with Crippen molar-refractivity contribution in [2.24, 2.45) is 0 Å². The van der Waals surface area contributed by atoms with Crippen LogP contribution < -0.4 is 4.74 Å². The molecule has 2 aliphatic carbocycles. The summed E-state index contributed by atoms with van der Waals surface area (Å²) in [6, 6.07) is 27.0. The Morgan fingerprint density at radius 1 is 0.857 bits per heavy atom. The Bertz CT molecular complexity index is 1080. The number of benzene rings is 3. The van der Waals surface area contributed by atoms with Crippen LogP contribution in [0.5, 0.6) is 5.75 Å². The van der Waals surface area contributed by atoms with Crippen LogP contribution in [0, 0.1) is 0 Å². The molecule has 0 bridgehead atoms. The molecule has 1 atom stereocenters. The van der Waals surface area contributed by atoms with Gasteiger partial charge in [0.15, 0.2) is 0 Å². The summed E-state index contributed by atoms with van der Waals surface area (Å²) in [7, 11) is 1.69. The number of hydrogen-bond acceptors (Lipinski definition) is 2. The normalized spacial score (nSPS) is 20.7. The van der Waals surface area contributed by atoms with Gasteiger partial charge in [-0.2, -0.15) is 0 Å². The molecule has 138 valence electrons. The number of carbonyl (C=O) groups excluding carboxylic acids is 1. The van der Waals surface area contributed by atoms with Crippen molar-refractivity contribution in [1.29, 1.82) is 0 Å². The van der Waals surface area contributed by atoms with Crippen LogP contribution in [0.1, 0.15) is 41.5 Å². The maximum Gasteiger partial charge on any atom is 0.147 e. The van der Waals surface area contributed by atoms with E-state index in [1.165, 1.54) is 0 Å². The molecule has 1 saturated carbocycles. The molecular weight excluding hydrogens is 344 g/mol. The van der Waals surface area contributed by atoms with E-state index in [9.17, 15) is 4.79 Å². The Morgan fingerprint density at radius 2 is 1.54 bits per heavy atom. The van der Waals surface area contributed by atoms with E-state index in [1.54, 1.807) is 7.11 Å². The van der Waals surface area contributed by atoms with Crippen LogP contribution >= 0.6 is 0 Å². The second-order valence-corrected chi connectivity index (χ2v) is 7.58. The van der Waals surface area contributed by atoms with Gasteiger partial charge in [0.05, 0.1) is 12.5 Å². The van der Waals surface area contributed by atoms with Gasteiger partial charge in [0, 0.05) is 6.42 Å². The van der Waals surface area contributed by atoms with Crippen molar-refractivity contribution >= 4 is 16.9 Å². The van der Waals surface area contributed by atoms with Crippen LogP contribution in [0.2, 0.25) is 0 Å². The maximum atomic E-state index is 13.4. The Kier molecular flexibility index (Phi) is 3.94. The Balaban J connectivity index is 1.91. The highest BCUT2D eigenvalue weighted by atomic mass is 16.5. The minimum Gasteiger partial charge on any atom is -0.497 e. The van der Waals surface area contributed by atoms with Crippen LogP contribution in [0.3, 0.4) is 0 Å². The van der Waals surface area contributed by atoms with E-state index in [0.29, 0.717) is 12.2 Å². The van der Waals surface area contributed by atoms with Crippen molar-refractivity contribution in [3.8, 4) is 5.75 Å². The Morgan fingerprint density at radius 3 is 2.14 bits per heavy atom. The number of ether oxygens (including phenoxy) is 1. The Hall–Kier alpha value is -3.13. The van der Waals surface area contributed by atoms with E-state index < -0.39 is 5.41 Å². The SMILES string of the molecule is COc1ccc2c(c1)C(c1ccccc1)=C(c1ccccc1)[C@@]21CCCC1=O. The molecule has 0 aliphatic heterocycles. The molecule has 0 unspecified atom stereocenters. The summed E-state index contributed by atoms with van der Waals surface area (Å²) in [5.74, 6) is 1.16. The van der Waals surface area contributed by atoms with Crippen LogP contribution in [0.15, 0.2) is 78.9 Å². The quantitative estimate of drug-likeness (QED) is 0.598. The van der Waals surface area contributed by atoms with Crippen molar-refractivity contribution < 1.29 is 9.53 Å². The molecule has 3 aromatic rings. The third kappa shape index (κ3) is 2.31. The molecule has 0 N–H and O–H groups in total. The van der Waals surface area contributed by atoms with E-state index in [-0.39, 0.29) is 0 Å². The fourth-order valence-corrected chi connectivity index (χ4v) is 5.03. The van der Waals surface area contributed by atoms with Gasteiger partial charge >= 0.3 is 0 Å². The van der Waals surface area contributed by atoms with Crippen LogP contribution in [0.4, 0.5) is 0 Å². The van der Waals surface area contributed by atoms with Gasteiger partial charge in [-0.1, -0.05) is 66.7 Å². The van der Waals surface area contributed by atoms with E-state index >= 15 is 0 Å². The molecule has 0 heterocycles. The van der Waals surface area contributed by atoms with Crippen molar-refractivity contribution in [3.63, 3.8) is 0 Å².